The highest BCUT2D eigenvalue weighted by Crippen LogP contribution is 2.24. The molecule has 0 fully saturated rings. The Hall–Kier alpha value is -3.41. The van der Waals surface area contributed by atoms with Gasteiger partial charge in [-0.15, -0.1) is 10.2 Å². The molecule has 0 unspecified atom stereocenters. The minimum absolute atomic E-state index is 0.249. The van der Waals surface area contributed by atoms with Gasteiger partial charge in [-0.05, 0) is 25.1 Å². The molecule has 6 nitrogen and oxygen atoms in total. The summed E-state index contributed by atoms with van der Waals surface area (Å²) in [6.07, 6.45) is 0.449. The molecule has 6 heteroatoms. The van der Waals surface area contributed by atoms with Crippen LogP contribution in [0.4, 0.5) is 0 Å². The maximum Gasteiger partial charge on any atom is 0.287 e. The van der Waals surface area contributed by atoms with Crippen LogP contribution in [0.25, 0.3) is 22.4 Å². The Morgan fingerprint density at radius 3 is 2.58 bits per heavy atom. The summed E-state index contributed by atoms with van der Waals surface area (Å²) in [4.78, 5) is 12.4. The van der Waals surface area contributed by atoms with Crippen molar-refractivity contribution in [3.05, 3.63) is 71.8 Å². The van der Waals surface area contributed by atoms with Crippen LogP contribution in [0.15, 0.2) is 63.4 Å². The fourth-order valence-electron chi connectivity index (χ4n) is 2.81. The Morgan fingerprint density at radius 1 is 1.00 bits per heavy atom. The van der Waals surface area contributed by atoms with Crippen LogP contribution in [-0.4, -0.2) is 22.6 Å². The van der Waals surface area contributed by atoms with Gasteiger partial charge in [0.2, 0.25) is 11.8 Å². The minimum Gasteiger partial charge on any atom is -0.451 e. The molecule has 0 atom stereocenters. The van der Waals surface area contributed by atoms with Gasteiger partial charge in [-0.3, -0.25) is 4.79 Å². The molecule has 0 spiro atoms. The molecule has 0 radical (unpaired) electrons. The van der Waals surface area contributed by atoms with Gasteiger partial charge in [0.15, 0.2) is 5.76 Å². The predicted octanol–water partition coefficient (Wildman–Crippen LogP) is 3.76. The number of carbonyl (C=O) groups excluding carboxylic acids is 1. The number of nitrogens with one attached hydrogen (secondary N) is 1. The largest absolute Gasteiger partial charge is 0.451 e. The third-order valence-corrected chi connectivity index (χ3v) is 4.16. The van der Waals surface area contributed by atoms with E-state index in [4.69, 9.17) is 8.83 Å². The van der Waals surface area contributed by atoms with Crippen LogP contribution in [0.5, 0.6) is 0 Å². The summed E-state index contributed by atoms with van der Waals surface area (Å²) in [5.41, 5.74) is 2.41. The van der Waals surface area contributed by atoms with Gasteiger partial charge in [-0.2, -0.15) is 0 Å². The van der Waals surface area contributed by atoms with E-state index < -0.39 is 0 Å². The second-order valence-corrected chi connectivity index (χ2v) is 5.93. The molecule has 2 heterocycles. The zero-order chi connectivity index (χ0) is 17.9. The first-order chi connectivity index (χ1) is 12.7. The van der Waals surface area contributed by atoms with Crippen molar-refractivity contribution in [3.63, 3.8) is 0 Å². The molecule has 1 N–H and O–H groups in total. The quantitative estimate of drug-likeness (QED) is 0.594. The zero-order valence-electron chi connectivity index (χ0n) is 14.2. The van der Waals surface area contributed by atoms with Crippen molar-refractivity contribution in [3.8, 4) is 11.5 Å². The lowest BCUT2D eigenvalue weighted by Gasteiger charge is -2.01. The fourth-order valence-corrected chi connectivity index (χ4v) is 2.81. The normalized spacial score (nSPS) is 11.0. The Labute approximate surface area is 149 Å². The van der Waals surface area contributed by atoms with Crippen molar-refractivity contribution in [2.45, 2.75) is 13.3 Å². The highest BCUT2D eigenvalue weighted by atomic mass is 16.4. The Bertz CT molecular complexity index is 1050. The summed E-state index contributed by atoms with van der Waals surface area (Å²) in [6, 6.07) is 17.2. The number of para-hydroxylation sites is 1. The number of aryl methyl sites for hydroxylation is 1. The van der Waals surface area contributed by atoms with Crippen molar-refractivity contribution >= 4 is 16.9 Å². The van der Waals surface area contributed by atoms with E-state index in [1.54, 1.807) is 0 Å². The molecule has 130 valence electrons. The van der Waals surface area contributed by atoms with Crippen molar-refractivity contribution in [1.82, 2.24) is 15.5 Å². The molecule has 1 amide bonds. The van der Waals surface area contributed by atoms with E-state index in [1.807, 2.05) is 61.5 Å². The summed E-state index contributed by atoms with van der Waals surface area (Å²) in [5.74, 6) is 1.04. The van der Waals surface area contributed by atoms with Gasteiger partial charge in [0.05, 0.1) is 0 Å². The SMILES string of the molecule is Cc1c(C(=O)NCCc2nnc(-c3ccccc3)o2)oc2ccccc12. The monoisotopic (exact) mass is 347 g/mol. The Morgan fingerprint density at radius 2 is 1.77 bits per heavy atom. The molecule has 0 bridgehead atoms. The van der Waals surface area contributed by atoms with E-state index >= 15 is 0 Å². The number of carbonyl (C=O) groups is 1. The molecule has 26 heavy (non-hydrogen) atoms. The molecule has 0 saturated heterocycles. The molecule has 4 rings (SSSR count). The smallest absolute Gasteiger partial charge is 0.287 e. The Kier molecular flexibility index (Phi) is 4.23. The summed E-state index contributed by atoms with van der Waals surface area (Å²) in [5, 5.41) is 11.8. The van der Waals surface area contributed by atoms with Gasteiger partial charge < -0.3 is 14.2 Å². The number of benzene rings is 2. The van der Waals surface area contributed by atoms with Crippen molar-refractivity contribution in [2.75, 3.05) is 6.54 Å². The Balaban J connectivity index is 1.39. The first-order valence-electron chi connectivity index (χ1n) is 8.36. The summed E-state index contributed by atoms with van der Waals surface area (Å²) in [7, 11) is 0. The number of rotatable bonds is 5. The highest BCUT2D eigenvalue weighted by Gasteiger charge is 2.17. The van der Waals surface area contributed by atoms with E-state index in [0.717, 1.165) is 16.5 Å². The maximum absolute atomic E-state index is 12.4. The van der Waals surface area contributed by atoms with Gasteiger partial charge in [0.1, 0.15) is 5.58 Å². The minimum atomic E-state index is -0.249. The lowest BCUT2D eigenvalue weighted by Crippen LogP contribution is -2.25. The lowest BCUT2D eigenvalue weighted by molar-refractivity contribution is 0.0927. The number of hydrogen-bond acceptors (Lipinski definition) is 5. The molecular weight excluding hydrogens is 330 g/mol. The van der Waals surface area contributed by atoms with Crippen LogP contribution in [0, 0.1) is 6.92 Å². The first-order valence-corrected chi connectivity index (χ1v) is 8.36. The van der Waals surface area contributed by atoms with Crippen LogP contribution in [-0.2, 0) is 6.42 Å². The van der Waals surface area contributed by atoms with Gasteiger partial charge >= 0.3 is 0 Å². The van der Waals surface area contributed by atoms with Gasteiger partial charge in [0, 0.05) is 29.5 Å². The van der Waals surface area contributed by atoms with Gasteiger partial charge in [-0.1, -0.05) is 36.4 Å². The van der Waals surface area contributed by atoms with E-state index in [2.05, 4.69) is 15.5 Å². The van der Waals surface area contributed by atoms with Gasteiger partial charge in [-0.25, -0.2) is 0 Å². The fraction of sp³-hybridized carbons (Fsp3) is 0.150. The topological polar surface area (TPSA) is 81.2 Å². The van der Waals surface area contributed by atoms with Crippen molar-refractivity contribution in [1.29, 1.82) is 0 Å². The highest BCUT2D eigenvalue weighted by molar-refractivity contribution is 5.98. The molecule has 0 saturated carbocycles. The number of nitrogens with zero attached hydrogens (tertiary/aromatic N) is 2. The van der Waals surface area contributed by atoms with E-state index in [1.165, 1.54) is 0 Å². The number of fused-ring (bicyclic) bond motifs is 1. The molecule has 0 aliphatic carbocycles. The van der Waals surface area contributed by atoms with Crippen LogP contribution >= 0.6 is 0 Å². The molecular formula is C20H17N3O3. The molecule has 0 aliphatic rings. The maximum atomic E-state index is 12.4. The average Bonchev–Trinajstić information content (AvgIpc) is 3.28. The number of amides is 1. The number of aromatic nitrogens is 2. The first kappa shape index (κ1) is 16.1. The average molecular weight is 347 g/mol. The summed E-state index contributed by atoms with van der Waals surface area (Å²) in [6.45, 7) is 2.26. The van der Waals surface area contributed by atoms with E-state index in [9.17, 15) is 4.79 Å². The molecule has 2 aromatic heterocycles. The lowest BCUT2D eigenvalue weighted by atomic mass is 10.1. The second kappa shape index (κ2) is 6.84. The number of hydrogen-bond donors (Lipinski definition) is 1. The van der Waals surface area contributed by atoms with Crippen LogP contribution < -0.4 is 5.32 Å². The van der Waals surface area contributed by atoms with Crippen LogP contribution in [0.3, 0.4) is 0 Å². The third-order valence-electron chi connectivity index (χ3n) is 4.16. The van der Waals surface area contributed by atoms with Gasteiger partial charge in [0.25, 0.3) is 5.91 Å². The summed E-state index contributed by atoms with van der Waals surface area (Å²) >= 11 is 0. The molecule has 4 aromatic rings. The summed E-state index contributed by atoms with van der Waals surface area (Å²) < 4.78 is 11.3. The standard InChI is InChI=1S/C20H17N3O3/c1-13-15-9-5-6-10-16(15)25-18(13)19(24)21-12-11-17-22-23-20(26-17)14-7-3-2-4-8-14/h2-10H,11-12H2,1H3,(H,21,24). The van der Waals surface area contributed by atoms with Crippen molar-refractivity contribution < 1.29 is 13.6 Å². The van der Waals surface area contributed by atoms with Crippen molar-refractivity contribution in [2.24, 2.45) is 0 Å². The predicted molar refractivity (Wildman–Crippen MR) is 96.7 cm³/mol. The zero-order valence-corrected chi connectivity index (χ0v) is 14.2. The van der Waals surface area contributed by atoms with E-state index in [0.29, 0.717) is 36.1 Å². The second-order valence-electron chi connectivity index (χ2n) is 5.93. The molecule has 2 aromatic carbocycles. The molecule has 0 aliphatic heterocycles. The van der Waals surface area contributed by atoms with Crippen LogP contribution in [0.2, 0.25) is 0 Å². The van der Waals surface area contributed by atoms with E-state index in [-0.39, 0.29) is 5.91 Å². The van der Waals surface area contributed by atoms with Crippen LogP contribution in [0.1, 0.15) is 22.0 Å². The number of furan rings is 1. The third kappa shape index (κ3) is 3.09.